The smallest absolute Gasteiger partial charge is 0.263 e. The fourth-order valence-corrected chi connectivity index (χ4v) is 5.79. The van der Waals surface area contributed by atoms with E-state index in [2.05, 4.69) is 4.99 Å². The van der Waals surface area contributed by atoms with Gasteiger partial charge in [0.15, 0.2) is 14.6 Å². The Morgan fingerprint density at radius 3 is 2.47 bits per heavy atom. The quantitative estimate of drug-likeness (QED) is 0.666. The van der Waals surface area contributed by atoms with Gasteiger partial charge in [0.05, 0.1) is 17.3 Å². The van der Waals surface area contributed by atoms with Gasteiger partial charge in [-0.2, -0.15) is 4.99 Å². The van der Waals surface area contributed by atoms with Crippen molar-refractivity contribution in [3.63, 3.8) is 0 Å². The molecule has 2 amide bonds. The molecular weight excluding hydrogens is 426 g/mol. The van der Waals surface area contributed by atoms with Crippen LogP contribution in [0.15, 0.2) is 23.2 Å². The third-order valence-corrected chi connectivity index (χ3v) is 7.49. The summed E-state index contributed by atoms with van der Waals surface area (Å²) in [5, 5.41) is 0. The second-order valence-corrected chi connectivity index (χ2v) is 10.4. The van der Waals surface area contributed by atoms with Crippen LogP contribution in [0.5, 0.6) is 5.75 Å². The van der Waals surface area contributed by atoms with Gasteiger partial charge >= 0.3 is 0 Å². The number of methoxy groups -OCH3 is 1. The lowest BCUT2D eigenvalue weighted by Gasteiger charge is -2.19. The number of hydrogen-bond acceptors (Lipinski definition) is 6. The number of rotatable bonds is 6. The molecule has 30 heavy (non-hydrogen) atoms. The summed E-state index contributed by atoms with van der Waals surface area (Å²) in [5.41, 5.74) is 0.897. The summed E-state index contributed by atoms with van der Waals surface area (Å²) in [7, 11) is -2.30. The number of sulfone groups is 1. The molecule has 2 aromatic rings. The summed E-state index contributed by atoms with van der Waals surface area (Å²) >= 11 is 1.30. The highest BCUT2D eigenvalue weighted by atomic mass is 32.2. The molecule has 0 unspecified atom stereocenters. The van der Waals surface area contributed by atoms with Crippen molar-refractivity contribution in [3.05, 3.63) is 23.0 Å². The van der Waals surface area contributed by atoms with Gasteiger partial charge in [-0.3, -0.25) is 9.59 Å². The van der Waals surface area contributed by atoms with Crippen molar-refractivity contribution in [3.8, 4) is 5.75 Å². The van der Waals surface area contributed by atoms with Crippen molar-refractivity contribution in [1.82, 2.24) is 9.47 Å². The van der Waals surface area contributed by atoms with Crippen molar-refractivity contribution in [2.24, 2.45) is 4.99 Å². The highest BCUT2D eigenvalue weighted by Gasteiger charge is 2.25. The topological polar surface area (TPSA) is 98.0 Å². The van der Waals surface area contributed by atoms with Crippen molar-refractivity contribution < 1.29 is 22.7 Å². The Morgan fingerprint density at radius 2 is 1.83 bits per heavy atom. The van der Waals surface area contributed by atoms with Gasteiger partial charge in [-0.25, -0.2) is 8.42 Å². The van der Waals surface area contributed by atoms with Crippen LogP contribution in [-0.2, 0) is 26.0 Å². The number of aromatic nitrogens is 1. The van der Waals surface area contributed by atoms with E-state index < -0.39 is 33.2 Å². The number of amides is 2. The van der Waals surface area contributed by atoms with E-state index in [1.807, 2.05) is 29.7 Å². The fraction of sp³-hybridized carbons (Fsp3) is 0.550. The standard InChI is InChI=1S/C20H27N3O5S2/c1-3-23-16-9-8-15(28-2)12-17(16)29-20(23)21-18(24)13-30(26,27)14-19(25)22-10-6-4-5-7-11-22/h8-9,12H,3-7,10-11,13-14H2,1-2H3. The van der Waals surface area contributed by atoms with E-state index >= 15 is 0 Å². The maximum atomic E-state index is 12.4. The first-order chi connectivity index (χ1) is 14.3. The first kappa shape index (κ1) is 22.5. The number of aryl methyl sites for hydroxylation is 1. The number of ether oxygens (including phenoxy) is 1. The molecule has 1 aromatic heterocycles. The zero-order valence-electron chi connectivity index (χ0n) is 17.3. The molecule has 164 valence electrons. The van der Waals surface area contributed by atoms with E-state index in [1.54, 1.807) is 12.0 Å². The molecule has 1 aromatic carbocycles. The van der Waals surface area contributed by atoms with Crippen molar-refractivity contribution >= 4 is 43.2 Å². The molecule has 0 saturated carbocycles. The van der Waals surface area contributed by atoms with Gasteiger partial charge < -0.3 is 14.2 Å². The maximum Gasteiger partial charge on any atom is 0.263 e. The van der Waals surface area contributed by atoms with E-state index in [0.29, 0.717) is 30.2 Å². The van der Waals surface area contributed by atoms with E-state index in [4.69, 9.17) is 4.74 Å². The average molecular weight is 454 g/mol. The molecule has 8 nitrogen and oxygen atoms in total. The van der Waals surface area contributed by atoms with Crippen molar-refractivity contribution in [1.29, 1.82) is 0 Å². The molecule has 2 heterocycles. The second-order valence-electron chi connectivity index (χ2n) is 7.30. The number of carbonyl (C=O) groups is 2. The molecule has 0 spiro atoms. The van der Waals surface area contributed by atoms with Crippen LogP contribution in [0.3, 0.4) is 0 Å². The van der Waals surface area contributed by atoms with Crippen LogP contribution in [0.2, 0.25) is 0 Å². The minimum absolute atomic E-state index is 0.428. The maximum absolute atomic E-state index is 12.4. The first-order valence-corrected chi connectivity index (χ1v) is 12.7. The number of thiazole rings is 1. The van der Waals surface area contributed by atoms with E-state index in [0.717, 1.165) is 35.9 Å². The van der Waals surface area contributed by atoms with Crippen LogP contribution >= 0.6 is 11.3 Å². The summed E-state index contributed by atoms with van der Waals surface area (Å²) in [6, 6.07) is 5.56. The van der Waals surface area contributed by atoms with E-state index in [-0.39, 0.29) is 0 Å². The Bertz CT molecular complexity index is 1090. The molecule has 0 radical (unpaired) electrons. The van der Waals surface area contributed by atoms with Crippen LogP contribution in [0.25, 0.3) is 10.2 Å². The van der Waals surface area contributed by atoms with Crippen LogP contribution < -0.4 is 9.54 Å². The molecule has 1 aliphatic rings. The number of nitrogens with zero attached hydrogens (tertiary/aromatic N) is 3. The highest BCUT2D eigenvalue weighted by molar-refractivity contribution is 7.92. The lowest BCUT2D eigenvalue weighted by atomic mass is 10.2. The van der Waals surface area contributed by atoms with E-state index in [1.165, 1.54) is 11.3 Å². The van der Waals surface area contributed by atoms with Crippen LogP contribution in [0, 0.1) is 0 Å². The molecule has 10 heteroatoms. The Balaban J connectivity index is 1.76. The zero-order chi connectivity index (χ0) is 21.7. The number of carbonyl (C=O) groups excluding carboxylic acids is 2. The Kier molecular flexibility index (Phi) is 7.30. The zero-order valence-corrected chi connectivity index (χ0v) is 18.9. The molecule has 0 bridgehead atoms. The van der Waals surface area contributed by atoms with Crippen molar-refractivity contribution in [2.45, 2.75) is 39.2 Å². The van der Waals surface area contributed by atoms with Gasteiger partial charge in [0.1, 0.15) is 17.3 Å². The highest BCUT2D eigenvalue weighted by Crippen LogP contribution is 2.23. The molecule has 1 fully saturated rings. The SMILES string of the molecule is CCn1c(=NC(=O)CS(=O)(=O)CC(=O)N2CCCCCC2)sc2cc(OC)ccc21. The molecule has 1 saturated heterocycles. The minimum Gasteiger partial charge on any atom is -0.497 e. The normalized spacial score (nSPS) is 15.9. The molecule has 0 atom stereocenters. The number of benzene rings is 1. The molecule has 3 rings (SSSR count). The lowest BCUT2D eigenvalue weighted by molar-refractivity contribution is -0.128. The second kappa shape index (κ2) is 9.74. The monoisotopic (exact) mass is 453 g/mol. The largest absolute Gasteiger partial charge is 0.497 e. The number of likely N-dealkylation sites (tertiary alicyclic amines) is 1. The Labute approximate surface area is 180 Å². The Hall–Kier alpha value is -2.20. The van der Waals surface area contributed by atoms with Crippen LogP contribution in [-0.4, -0.2) is 61.4 Å². The molecule has 0 N–H and O–H groups in total. The Morgan fingerprint density at radius 1 is 1.13 bits per heavy atom. The molecule has 1 aliphatic heterocycles. The van der Waals surface area contributed by atoms with Gasteiger partial charge in [0, 0.05) is 19.6 Å². The summed E-state index contributed by atoms with van der Waals surface area (Å²) in [5.74, 6) is -1.92. The number of fused-ring (bicyclic) bond motifs is 1. The predicted octanol–water partition coefficient (Wildman–Crippen LogP) is 1.98. The summed E-state index contributed by atoms with van der Waals surface area (Å²) in [6.07, 6.45) is 3.86. The van der Waals surface area contributed by atoms with Crippen molar-refractivity contribution in [2.75, 3.05) is 31.7 Å². The summed E-state index contributed by atoms with van der Waals surface area (Å²) < 4.78 is 32.8. The lowest BCUT2D eigenvalue weighted by Crippen LogP contribution is -2.37. The first-order valence-electron chi connectivity index (χ1n) is 10.1. The van der Waals surface area contributed by atoms with Crippen LogP contribution in [0.1, 0.15) is 32.6 Å². The van der Waals surface area contributed by atoms with Gasteiger partial charge in [-0.1, -0.05) is 24.2 Å². The minimum atomic E-state index is -3.88. The summed E-state index contributed by atoms with van der Waals surface area (Å²) in [6.45, 7) is 3.66. The summed E-state index contributed by atoms with van der Waals surface area (Å²) in [4.78, 5) is 30.8. The van der Waals surface area contributed by atoms with Gasteiger partial charge in [-0.15, -0.1) is 0 Å². The third kappa shape index (κ3) is 5.48. The van der Waals surface area contributed by atoms with Gasteiger partial charge in [0.25, 0.3) is 5.91 Å². The van der Waals surface area contributed by atoms with E-state index in [9.17, 15) is 18.0 Å². The molecular formula is C20H27N3O5S2. The molecule has 0 aliphatic carbocycles. The van der Waals surface area contributed by atoms with Gasteiger partial charge in [-0.05, 0) is 38.0 Å². The fourth-order valence-electron chi connectivity index (χ4n) is 3.55. The average Bonchev–Trinajstić information content (AvgIpc) is 2.84. The third-order valence-electron chi connectivity index (χ3n) is 5.07. The van der Waals surface area contributed by atoms with Crippen LogP contribution in [0.4, 0.5) is 0 Å². The van der Waals surface area contributed by atoms with Gasteiger partial charge in [0.2, 0.25) is 5.91 Å². The number of hydrogen-bond donors (Lipinski definition) is 0. The predicted molar refractivity (Wildman–Crippen MR) is 116 cm³/mol.